The molecule has 122 valence electrons. The highest BCUT2D eigenvalue weighted by molar-refractivity contribution is 7.12. The number of carbonyl (C=O) groups excluding carboxylic acids is 1. The van der Waals surface area contributed by atoms with Crippen LogP contribution >= 0.6 is 11.3 Å². The first kappa shape index (κ1) is 15.9. The normalized spacial score (nSPS) is 14.9. The van der Waals surface area contributed by atoms with Gasteiger partial charge in [0.1, 0.15) is 5.75 Å². The van der Waals surface area contributed by atoms with E-state index < -0.39 is 0 Å². The van der Waals surface area contributed by atoms with Gasteiger partial charge in [0.15, 0.2) is 0 Å². The average Bonchev–Trinajstić information content (AvgIpc) is 2.92. The maximum Gasteiger partial charge on any atom is 0.255 e. The fraction of sp³-hybridized carbons (Fsp3) is 0.389. The summed E-state index contributed by atoms with van der Waals surface area (Å²) in [4.78, 5) is 19.2. The summed E-state index contributed by atoms with van der Waals surface area (Å²) >= 11 is 1.69. The van der Waals surface area contributed by atoms with E-state index in [9.17, 15) is 4.79 Å². The van der Waals surface area contributed by atoms with Crippen molar-refractivity contribution in [1.82, 2.24) is 4.90 Å². The molecule has 23 heavy (non-hydrogen) atoms. The van der Waals surface area contributed by atoms with Crippen molar-refractivity contribution in [3.8, 4) is 5.75 Å². The zero-order chi connectivity index (χ0) is 16.4. The van der Waals surface area contributed by atoms with E-state index in [0.29, 0.717) is 0 Å². The quantitative estimate of drug-likeness (QED) is 0.865. The van der Waals surface area contributed by atoms with Crippen molar-refractivity contribution in [2.45, 2.75) is 13.8 Å². The Hall–Kier alpha value is -2.01. The van der Waals surface area contributed by atoms with Crippen molar-refractivity contribution >= 4 is 22.9 Å². The van der Waals surface area contributed by atoms with Crippen molar-refractivity contribution in [2.24, 2.45) is 0 Å². The fourth-order valence-corrected chi connectivity index (χ4v) is 3.97. The summed E-state index contributed by atoms with van der Waals surface area (Å²) < 4.78 is 5.44. The highest BCUT2D eigenvalue weighted by Crippen LogP contribution is 2.29. The summed E-state index contributed by atoms with van der Waals surface area (Å²) in [6, 6.07) is 10.1. The Morgan fingerprint density at radius 1 is 1.13 bits per heavy atom. The molecule has 1 aromatic heterocycles. The molecule has 0 bridgehead atoms. The molecule has 1 aliphatic rings. The number of piperazine rings is 1. The van der Waals surface area contributed by atoms with Crippen LogP contribution in [0.3, 0.4) is 0 Å². The highest BCUT2D eigenvalue weighted by Gasteiger charge is 2.25. The third-order valence-electron chi connectivity index (χ3n) is 4.26. The number of aryl methyl sites for hydroxylation is 2. The molecule has 1 saturated heterocycles. The summed E-state index contributed by atoms with van der Waals surface area (Å²) in [5, 5.41) is 0. The van der Waals surface area contributed by atoms with Crippen LogP contribution in [0.1, 0.15) is 20.1 Å². The molecule has 4 nitrogen and oxygen atoms in total. The lowest BCUT2D eigenvalue weighted by atomic mass is 10.2. The van der Waals surface area contributed by atoms with Crippen LogP contribution in [0.5, 0.6) is 5.75 Å². The second-order valence-corrected chi connectivity index (χ2v) is 7.24. The van der Waals surface area contributed by atoms with Crippen LogP contribution in [0.25, 0.3) is 0 Å². The van der Waals surface area contributed by atoms with Crippen LogP contribution in [-0.4, -0.2) is 44.1 Å². The van der Waals surface area contributed by atoms with Gasteiger partial charge in [0.05, 0.1) is 18.4 Å². The standard InChI is InChI=1S/C18H22N2O2S/c1-13-12-15(14(2)23-13)18(21)20-10-8-19(9-11-20)16-6-4-5-7-17(16)22-3/h4-7,12H,8-11H2,1-3H3. The second kappa shape index (κ2) is 6.62. The number of thiophene rings is 1. The lowest BCUT2D eigenvalue weighted by Crippen LogP contribution is -2.48. The van der Waals surface area contributed by atoms with Gasteiger partial charge in [0.25, 0.3) is 5.91 Å². The molecule has 0 unspecified atom stereocenters. The number of para-hydroxylation sites is 2. The van der Waals surface area contributed by atoms with E-state index in [2.05, 4.69) is 11.0 Å². The Bertz CT molecular complexity index is 703. The maximum absolute atomic E-state index is 12.7. The minimum Gasteiger partial charge on any atom is -0.495 e. The molecule has 1 aromatic carbocycles. The van der Waals surface area contributed by atoms with Crippen molar-refractivity contribution in [3.63, 3.8) is 0 Å². The number of benzene rings is 1. The first-order chi connectivity index (χ1) is 11.1. The number of hydrogen-bond acceptors (Lipinski definition) is 4. The number of carbonyl (C=O) groups is 1. The van der Waals surface area contributed by atoms with Crippen molar-refractivity contribution < 1.29 is 9.53 Å². The Labute approximate surface area is 141 Å². The molecule has 5 heteroatoms. The molecule has 0 spiro atoms. The predicted molar refractivity (Wildman–Crippen MR) is 94.9 cm³/mol. The molecule has 3 rings (SSSR count). The lowest BCUT2D eigenvalue weighted by molar-refractivity contribution is 0.0746. The first-order valence-electron chi connectivity index (χ1n) is 7.84. The zero-order valence-corrected chi connectivity index (χ0v) is 14.7. The Morgan fingerprint density at radius 2 is 1.83 bits per heavy atom. The van der Waals surface area contributed by atoms with Crippen LogP contribution < -0.4 is 9.64 Å². The molecule has 2 heterocycles. The smallest absolute Gasteiger partial charge is 0.255 e. The van der Waals surface area contributed by atoms with Gasteiger partial charge < -0.3 is 14.5 Å². The van der Waals surface area contributed by atoms with Gasteiger partial charge in [-0.1, -0.05) is 12.1 Å². The lowest BCUT2D eigenvalue weighted by Gasteiger charge is -2.36. The van der Waals surface area contributed by atoms with Gasteiger partial charge in [-0.05, 0) is 32.0 Å². The number of ether oxygens (including phenoxy) is 1. The van der Waals surface area contributed by atoms with E-state index in [1.165, 1.54) is 4.88 Å². The summed E-state index contributed by atoms with van der Waals surface area (Å²) in [5.74, 6) is 1.04. The molecule has 0 saturated carbocycles. The molecular formula is C18H22N2O2S. The molecule has 0 radical (unpaired) electrons. The monoisotopic (exact) mass is 330 g/mol. The minimum atomic E-state index is 0.159. The summed E-state index contributed by atoms with van der Waals surface area (Å²) in [5.41, 5.74) is 1.96. The number of methoxy groups -OCH3 is 1. The highest BCUT2D eigenvalue weighted by atomic mass is 32.1. The van der Waals surface area contributed by atoms with Crippen molar-refractivity contribution in [1.29, 1.82) is 0 Å². The van der Waals surface area contributed by atoms with Gasteiger partial charge in [-0.3, -0.25) is 4.79 Å². The largest absolute Gasteiger partial charge is 0.495 e. The molecule has 2 aromatic rings. The third kappa shape index (κ3) is 3.20. The van der Waals surface area contributed by atoms with E-state index in [0.717, 1.165) is 48.1 Å². The van der Waals surface area contributed by atoms with Crippen molar-refractivity contribution in [3.05, 3.63) is 45.6 Å². The predicted octanol–water partition coefficient (Wildman–Crippen LogP) is 3.34. The van der Waals surface area contributed by atoms with Crippen LogP contribution in [0.2, 0.25) is 0 Å². The molecule has 0 N–H and O–H groups in total. The topological polar surface area (TPSA) is 32.8 Å². The van der Waals surface area contributed by atoms with Crippen LogP contribution in [-0.2, 0) is 0 Å². The molecule has 0 atom stereocenters. The SMILES string of the molecule is COc1ccccc1N1CCN(C(=O)c2cc(C)sc2C)CC1. The molecule has 1 fully saturated rings. The van der Waals surface area contributed by atoms with Crippen LogP contribution in [0.4, 0.5) is 5.69 Å². The first-order valence-corrected chi connectivity index (χ1v) is 8.66. The van der Waals surface area contributed by atoms with Gasteiger partial charge in [-0.25, -0.2) is 0 Å². The Kier molecular flexibility index (Phi) is 4.57. The van der Waals surface area contributed by atoms with Gasteiger partial charge >= 0.3 is 0 Å². The van der Waals surface area contributed by atoms with E-state index in [1.807, 2.05) is 43.0 Å². The molecule has 1 aliphatic heterocycles. The summed E-state index contributed by atoms with van der Waals surface area (Å²) in [7, 11) is 1.69. The van der Waals surface area contributed by atoms with Gasteiger partial charge in [-0.2, -0.15) is 0 Å². The number of rotatable bonds is 3. The Balaban J connectivity index is 1.69. The third-order valence-corrected chi connectivity index (χ3v) is 5.23. The van der Waals surface area contributed by atoms with E-state index in [-0.39, 0.29) is 5.91 Å². The molecule has 1 amide bonds. The van der Waals surface area contributed by atoms with Gasteiger partial charge in [0, 0.05) is 35.9 Å². The number of hydrogen-bond donors (Lipinski definition) is 0. The summed E-state index contributed by atoms with van der Waals surface area (Å²) in [6.45, 7) is 7.21. The van der Waals surface area contributed by atoms with E-state index in [1.54, 1.807) is 18.4 Å². The minimum absolute atomic E-state index is 0.159. The zero-order valence-electron chi connectivity index (χ0n) is 13.8. The number of anilines is 1. The van der Waals surface area contributed by atoms with Crippen LogP contribution in [0.15, 0.2) is 30.3 Å². The number of amides is 1. The second-order valence-electron chi connectivity index (χ2n) is 5.78. The van der Waals surface area contributed by atoms with Crippen LogP contribution in [0, 0.1) is 13.8 Å². The van der Waals surface area contributed by atoms with E-state index >= 15 is 0 Å². The Morgan fingerprint density at radius 3 is 2.43 bits per heavy atom. The van der Waals surface area contributed by atoms with Crippen molar-refractivity contribution in [2.75, 3.05) is 38.2 Å². The van der Waals surface area contributed by atoms with Gasteiger partial charge in [0.2, 0.25) is 0 Å². The molecular weight excluding hydrogens is 308 g/mol. The average molecular weight is 330 g/mol. The maximum atomic E-state index is 12.7. The van der Waals surface area contributed by atoms with Gasteiger partial charge in [-0.15, -0.1) is 11.3 Å². The number of nitrogens with zero attached hydrogens (tertiary/aromatic N) is 2. The molecule has 0 aliphatic carbocycles. The van der Waals surface area contributed by atoms with E-state index in [4.69, 9.17) is 4.74 Å². The fourth-order valence-electron chi connectivity index (χ4n) is 3.05. The summed E-state index contributed by atoms with van der Waals surface area (Å²) in [6.07, 6.45) is 0.